The first-order valence-corrected chi connectivity index (χ1v) is 12.3. The van der Waals surface area contributed by atoms with E-state index in [0.717, 1.165) is 24.8 Å². The maximum absolute atomic E-state index is 13.2. The Kier molecular flexibility index (Phi) is 8.52. The number of amides is 1. The minimum atomic E-state index is -3.43. The summed E-state index contributed by atoms with van der Waals surface area (Å²) in [5, 5.41) is 0. The molecule has 2 aliphatic rings. The largest absolute Gasteiger partial charge is 1.00 e. The first kappa shape index (κ1) is 25.3. The SMILES string of the molecule is Br.Cc1ccc(S(=O)(=O)C[C@@H]2C[C@H](N(C)C(C)C)CC[C@@H]2N2CC[C@H](N)C2=O)cc1.[H+].[H+]. The maximum Gasteiger partial charge on any atom is 1.00 e. The number of benzene rings is 1. The molecule has 1 aliphatic heterocycles. The van der Waals surface area contributed by atoms with Gasteiger partial charge in [-0.25, -0.2) is 8.42 Å². The first-order chi connectivity index (χ1) is 13.6. The molecular weight excluding hydrogens is 466 g/mol. The van der Waals surface area contributed by atoms with Gasteiger partial charge in [0.15, 0.2) is 9.84 Å². The highest BCUT2D eigenvalue weighted by molar-refractivity contribution is 8.93. The minimum Gasteiger partial charge on any atom is -0.338 e. The molecule has 0 radical (unpaired) electrons. The van der Waals surface area contributed by atoms with Crippen molar-refractivity contribution in [2.45, 2.75) is 75.5 Å². The third-order valence-electron chi connectivity index (χ3n) is 6.80. The van der Waals surface area contributed by atoms with Crippen LogP contribution in [0.15, 0.2) is 29.2 Å². The Morgan fingerprint density at radius 2 is 1.83 bits per heavy atom. The Balaban J connectivity index is 0.00000320. The van der Waals surface area contributed by atoms with E-state index in [-0.39, 0.29) is 43.5 Å². The molecule has 0 unspecified atom stereocenters. The molecule has 8 heteroatoms. The van der Waals surface area contributed by atoms with Crippen molar-refractivity contribution in [2.24, 2.45) is 11.7 Å². The highest BCUT2D eigenvalue weighted by Gasteiger charge is 2.43. The van der Waals surface area contributed by atoms with Gasteiger partial charge in [0.05, 0.1) is 16.7 Å². The fourth-order valence-electron chi connectivity index (χ4n) is 4.78. The second kappa shape index (κ2) is 10.1. The fraction of sp³-hybridized carbons (Fsp3) is 0.682. The minimum absolute atomic E-state index is 0. The maximum atomic E-state index is 13.2. The third kappa shape index (κ3) is 5.44. The van der Waals surface area contributed by atoms with Gasteiger partial charge in [-0.2, -0.15) is 0 Å². The van der Waals surface area contributed by atoms with Gasteiger partial charge in [0.1, 0.15) is 0 Å². The summed E-state index contributed by atoms with van der Waals surface area (Å²) >= 11 is 0. The number of nitrogens with two attached hydrogens (primary N) is 1. The van der Waals surface area contributed by atoms with Gasteiger partial charge in [-0.1, -0.05) is 17.7 Å². The molecule has 1 aromatic carbocycles. The van der Waals surface area contributed by atoms with E-state index in [4.69, 9.17) is 5.73 Å². The van der Waals surface area contributed by atoms with Crippen LogP contribution in [0, 0.1) is 12.8 Å². The smallest absolute Gasteiger partial charge is 0.338 e. The molecule has 1 amide bonds. The van der Waals surface area contributed by atoms with Crippen LogP contribution in [0.4, 0.5) is 0 Å². The normalized spacial score (nSPS) is 27.6. The quantitative estimate of drug-likeness (QED) is 0.644. The lowest BCUT2D eigenvalue weighted by Gasteiger charge is -2.44. The summed E-state index contributed by atoms with van der Waals surface area (Å²) in [5.41, 5.74) is 6.99. The van der Waals surface area contributed by atoms with Gasteiger partial charge in [0.2, 0.25) is 5.91 Å². The van der Waals surface area contributed by atoms with Crippen LogP contribution < -0.4 is 5.73 Å². The zero-order chi connectivity index (χ0) is 21.3. The zero-order valence-electron chi connectivity index (χ0n) is 20.5. The number of rotatable bonds is 6. The number of carbonyl (C=O) groups excluding carboxylic acids is 1. The number of aryl methyl sites for hydroxylation is 1. The molecule has 30 heavy (non-hydrogen) atoms. The highest BCUT2D eigenvalue weighted by atomic mass is 79.9. The lowest BCUT2D eigenvalue weighted by Crippen LogP contribution is -2.52. The molecule has 1 aromatic rings. The summed E-state index contributed by atoms with van der Waals surface area (Å²) in [6.07, 6.45) is 3.24. The van der Waals surface area contributed by atoms with Gasteiger partial charge in [0.25, 0.3) is 0 Å². The van der Waals surface area contributed by atoms with Crippen LogP contribution in [0.1, 0.15) is 47.9 Å². The molecule has 2 fully saturated rings. The van der Waals surface area contributed by atoms with Crippen LogP contribution in [-0.4, -0.2) is 67.6 Å². The van der Waals surface area contributed by atoms with Crippen molar-refractivity contribution in [3.8, 4) is 0 Å². The predicted molar refractivity (Wildman–Crippen MR) is 128 cm³/mol. The number of carbonyl (C=O) groups is 1. The van der Waals surface area contributed by atoms with E-state index in [1.54, 1.807) is 12.1 Å². The van der Waals surface area contributed by atoms with Gasteiger partial charge < -0.3 is 15.5 Å². The van der Waals surface area contributed by atoms with Crippen LogP contribution in [0.3, 0.4) is 0 Å². The summed E-state index contributed by atoms with van der Waals surface area (Å²) in [6.45, 7) is 6.90. The van der Waals surface area contributed by atoms with E-state index in [2.05, 4.69) is 25.8 Å². The van der Waals surface area contributed by atoms with E-state index in [0.29, 0.717) is 29.9 Å². The molecule has 1 aliphatic carbocycles. The van der Waals surface area contributed by atoms with Crippen LogP contribution in [-0.2, 0) is 14.6 Å². The average molecular weight is 505 g/mol. The molecule has 0 spiro atoms. The fourth-order valence-corrected chi connectivity index (χ4v) is 6.45. The molecule has 4 atom stereocenters. The molecular formula is C22H38BrN3O3S+2. The van der Waals surface area contributed by atoms with E-state index in [1.165, 1.54) is 0 Å². The molecule has 3 rings (SSSR count). The van der Waals surface area contributed by atoms with Crippen LogP contribution in [0.5, 0.6) is 0 Å². The van der Waals surface area contributed by atoms with Crippen LogP contribution in [0.25, 0.3) is 0 Å². The average Bonchev–Trinajstić information content (AvgIpc) is 3.00. The molecule has 170 valence electrons. The lowest BCUT2D eigenvalue weighted by atomic mass is 9.81. The summed E-state index contributed by atoms with van der Waals surface area (Å²) < 4.78 is 26.4. The van der Waals surface area contributed by atoms with Gasteiger partial charge in [-0.05, 0) is 71.6 Å². The van der Waals surface area contributed by atoms with E-state index in [1.807, 2.05) is 24.0 Å². The molecule has 0 bridgehead atoms. The number of nitrogens with zero attached hydrogens (tertiary/aromatic N) is 2. The van der Waals surface area contributed by atoms with Gasteiger partial charge in [-0.3, -0.25) is 4.79 Å². The van der Waals surface area contributed by atoms with E-state index < -0.39 is 15.9 Å². The lowest BCUT2D eigenvalue weighted by molar-refractivity contribution is -0.132. The summed E-state index contributed by atoms with van der Waals surface area (Å²) in [5.74, 6) is -0.0405. The molecule has 1 heterocycles. The Hall–Kier alpha value is -0.960. The second-order valence-electron chi connectivity index (χ2n) is 9.07. The Labute approximate surface area is 194 Å². The Morgan fingerprint density at radius 3 is 2.37 bits per heavy atom. The monoisotopic (exact) mass is 503 g/mol. The molecule has 2 N–H and O–H groups in total. The molecule has 6 nitrogen and oxygen atoms in total. The van der Waals surface area contributed by atoms with Crippen molar-refractivity contribution in [3.05, 3.63) is 29.8 Å². The highest BCUT2D eigenvalue weighted by Crippen LogP contribution is 2.35. The number of likely N-dealkylation sites (tertiary alicyclic amines) is 1. The Bertz CT molecular complexity index is 839. The molecule has 0 aromatic heterocycles. The standard InChI is InChI=1S/C22H35N3O3S.BrH/c1-15(2)24(4)18-7-10-21(25-12-11-20(23)22(25)26)17(13-18)14-29(27,28)19-8-5-16(3)6-9-19;/h5-6,8-9,15,17-18,20-21H,7,10-14,23H2,1-4H3;1H/p+2/t17-,18+,20-,21-;/m0./s1. The summed E-state index contributed by atoms with van der Waals surface area (Å²) in [4.78, 5) is 17.2. The van der Waals surface area contributed by atoms with Gasteiger partial charge >= 0.3 is 2.85 Å². The number of sulfone groups is 1. The van der Waals surface area contributed by atoms with Crippen LogP contribution in [0.2, 0.25) is 0 Å². The zero-order valence-corrected chi connectivity index (χ0v) is 21.0. The van der Waals surface area contributed by atoms with Crippen molar-refractivity contribution in [2.75, 3.05) is 19.3 Å². The van der Waals surface area contributed by atoms with Crippen molar-refractivity contribution in [3.63, 3.8) is 0 Å². The van der Waals surface area contributed by atoms with Gasteiger partial charge in [-0.15, -0.1) is 17.0 Å². The van der Waals surface area contributed by atoms with E-state index in [9.17, 15) is 13.2 Å². The van der Waals surface area contributed by atoms with Crippen molar-refractivity contribution in [1.82, 2.24) is 9.80 Å². The number of hydrogen-bond donors (Lipinski definition) is 1. The van der Waals surface area contributed by atoms with Crippen molar-refractivity contribution in [1.29, 1.82) is 0 Å². The van der Waals surface area contributed by atoms with Crippen molar-refractivity contribution < 1.29 is 16.1 Å². The van der Waals surface area contributed by atoms with E-state index >= 15 is 0 Å². The topological polar surface area (TPSA) is 83.7 Å². The summed E-state index contributed by atoms with van der Waals surface area (Å²) in [7, 11) is -1.32. The van der Waals surface area contributed by atoms with Crippen molar-refractivity contribution >= 4 is 32.7 Å². The third-order valence-corrected chi connectivity index (χ3v) is 8.66. The molecule has 1 saturated carbocycles. The number of hydrogen-bond acceptors (Lipinski definition) is 5. The predicted octanol–water partition coefficient (Wildman–Crippen LogP) is 3.01. The first-order valence-electron chi connectivity index (χ1n) is 10.7. The number of halogens is 1. The summed E-state index contributed by atoms with van der Waals surface area (Å²) in [6, 6.07) is 7.29. The second-order valence-corrected chi connectivity index (χ2v) is 11.1. The van der Waals surface area contributed by atoms with Crippen LogP contribution >= 0.6 is 17.0 Å². The van der Waals surface area contributed by atoms with Gasteiger partial charge in [0, 0.05) is 24.7 Å². The Morgan fingerprint density at radius 1 is 1.20 bits per heavy atom. The molecule has 1 saturated heterocycles.